The Morgan fingerprint density at radius 3 is 2.89 bits per heavy atom. The van der Waals surface area contributed by atoms with E-state index in [1.54, 1.807) is 12.3 Å². The van der Waals surface area contributed by atoms with Crippen LogP contribution in [-0.2, 0) is 6.54 Å². The first-order valence-corrected chi connectivity index (χ1v) is 6.25. The average molecular weight is 263 g/mol. The second kappa shape index (κ2) is 6.38. The molecule has 1 heterocycles. The zero-order valence-corrected chi connectivity index (χ0v) is 10.9. The van der Waals surface area contributed by atoms with Gasteiger partial charge in [0.1, 0.15) is 5.75 Å². The Labute approximate surface area is 112 Å². The minimum atomic E-state index is 0.554. The summed E-state index contributed by atoms with van der Waals surface area (Å²) in [7, 11) is 0. The minimum absolute atomic E-state index is 0.554. The Morgan fingerprint density at radius 1 is 1.28 bits per heavy atom. The van der Waals surface area contributed by atoms with Crippen LogP contribution in [0.5, 0.6) is 11.6 Å². The molecule has 1 aromatic heterocycles. The standard InChI is InChI=1S/C14H15ClN2O/c1-2-16-10-11-7-8-17-14(9-11)18-13-6-4-3-5-12(13)15/h3-9,16H,2,10H2,1H3. The fourth-order valence-corrected chi connectivity index (χ4v) is 1.70. The summed E-state index contributed by atoms with van der Waals surface area (Å²) in [5.74, 6) is 1.17. The molecule has 94 valence electrons. The van der Waals surface area contributed by atoms with E-state index in [0.29, 0.717) is 16.7 Å². The summed E-state index contributed by atoms with van der Waals surface area (Å²) in [6, 6.07) is 11.2. The summed E-state index contributed by atoms with van der Waals surface area (Å²) in [6.07, 6.45) is 1.73. The monoisotopic (exact) mass is 262 g/mol. The predicted molar refractivity (Wildman–Crippen MR) is 73.1 cm³/mol. The number of ether oxygens (including phenoxy) is 1. The molecule has 0 bridgehead atoms. The summed E-state index contributed by atoms with van der Waals surface area (Å²) in [6.45, 7) is 3.81. The van der Waals surface area contributed by atoms with Crippen molar-refractivity contribution in [2.24, 2.45) is 0 Å². The molecule has 18 heavy (non-hydrogen) atoms. The molecule has 0 spiro atoms. The van der Waals surface area contributed by atoms with Crippen molar-refractivity contribution in [3.05, 3.63) is 53.2 Å². The molecule has 3 nitrogen and oxygen atoms in total. The molecule has 0 aliphatic rings. The lowest BCUT2D eigenvalue weighted by Crippen LogP contribution is -2.11. The normalized spacial score (nSPS) is 10.3. The molecule has 0 aliphatic heterocycles. The SMILES string of the molecule is CCNCc1ccnc(Oc2ccccc2Cl)c1. The lowest BCUT2D eigenvalue weighted by Gasteiger charge is -2.08. The maximum absolute atomic E-state index is 6.03. The summed E-state index contributed by atoms with van der Waals surface area (Å²) < 4.78 is 5.66. The van der Waals surface area contributed by atoms with Crippen LogP contribution in [-0.4, -0.2) is 11.5 Å². The van der Waals surface area contributed by atoms with Gasteiger partial charge in [-0.2, -0.15) is 0 Å². The van der Waals surface area contributed by atoms with Crippen LogP contribution in [0.1, 0.15) is 12.5 Å². The van der Waals surface area contributed by atoms with Crippen molar-refractivity contribution >= 4 is 11.6 Å². The number of hydrogen-bond donors (Lipinski definition) is 1. The molecule has 2 aromatic rings. The first kappa shape index (κ1) is 12.9. The first-order valence-electron chi connectivity index (χ1n) is 5.87. The van der Waals surface area contributed by atoms with E-state index in [2.05, 4.69) is 17.2 Å². The van der Waals surface area contributed by atoms with E-state index in [-0.39, 0.29) is 0 Å². The van der Waals surface area contributed by atoms with Crippen LogP contribution < -0.4 is 10.1 Å². The van der Waals surface area contributed by atoms with E-state index in [1.807, 2.05) is 30.3 Å². The van der Waals surface area contributed by atoms with E-state index < -0.39 is 0 Å². The third kappa shape index (κ3) is 3.45. The maximum atomic E-state index is 6.03. The lowest BCUT2D eigenvalue weighted by molar-refractivity contribution is 0.462. The van der Waals surface area contributed by atoms with Gasteiger partial charge < -0.3 is 10.1 Å². The van der Waals surface area contributed by atoms with Crippen LogP contribution in [0.25, 0.3) is 0 Å². The Balaban J connectivity index is 2.12. The molecule has 4 heteroatoms. The zero-order valence-electron chi connectivity index (χ0n) is 10.2. The average Bonchev–Trinajstić information content (AvgIpc) is 2.40. The lowest BCUT2D eigenvalue weighted by atomic mass is 10.2. The van der Waals surface area contributed by atoms with E-state index in [9.17, 15) is 0 Å². The fourth-order valence-electron chi connectivity index (χ4n) is 1.53. The quantitative estimate of drug-likeness (QED) is 0.893. The van der Waals surface area contributed by atoms with Gasteiger partial charge in [-0.3, -0.25) is 0 Å². The topological polar surface area (TPSA) is 34.2 Å². The smallest absolute Gasteiger partial charge is 0.219 e. The van der Waals surface area contributed by atoms with Crippen molar-refractivity contribution in [2.75, 3.05) is 6.54 Å². The molecule has 1 N–H and O–H groups in total. The Kier molecular flexibility index (Phi) is 4.56. The highest BCUT2D eigenvalue weighted by atomic mass is 35.5. The van der Waals surface area contributed by atoms with Crippen LogP contribution in [0, 0.1) is 0 Å². The van der Waals surface area contributed by atoms with E-state index in [0.717, 1.165) is 18.7 Å². The molecule has 0 fully saturated rings. The van der Waals surface area contributed by atoms with Gasteiger partial charge in [0.15, 0.2) is 0 Å². The summed E-state index contributed by atoms with van der Waals surface area (Å²) in [4.78, 5) is 4.18. The van der Waals surface area contributed by atoms with Gasteiger partial charge in [-0.25, -0.2) is 4.98 Å². The van der Waals surface area contributed by atoms with E-state index >= 15 is 0 Å². The molecule has 0 saturated heterocycles. The van der Waals surface area contributed by atoms with Gasteiger partial charge in [-0.05, 0) is 30.3 Å². The van der Waals surface area contributed by atoms with Crippen LogP contribution in [0.15, 0.2) is 42.6 Å². The third-order valence-corrected chi connectivity index (χ3v) is 2.74. The van der Waals surface area contributed by atoms with Crippen molar-refractivity contribution in [3.8, 4) is 11.6 Å². The van der Waals surface area contributed by atoms with Crippen molar-refractivity contribution < 1.29 is 4.74 Å². The van der Waals surface area contributed by atoms with E-state index in [4.69, 9.17) is 16.3 Å². The molecular formula is C14H15ClN2O. The third-order valence-electron chi connectivity index (χ3n) is 2.43. The van der Waals surface area contributed by atoms with Crippen LogP contribution in [0.3, 0.4) is 0 Å². The fraction of sp³-hybridized carbons (Fsp3) is 0.214. The van der Waals surface area contributed by atoms with Gasteiger partial charge in [0.05, 0.1) is 5.02 Å². The second-order valence-corrected chi connectivity index (χ2v) is 4.22. The minimum Gasteiger partial charge on any atom is -0.437 e. The number of para-hydroxylation sites is 1. The first-order chi connectivity index (χ1) is 8.79. The largest absolute Gasteiger partial charge is 0.437 e. The Hall–Kier alpha value is -1.58. The molecule has 0 atom stereocenters. The van der Waals surface area contributed by atoms with Crippen LogP contribution in [0.2, 0.25) is 5.02 Å². The highest BCUT2D eigenvalue weighted by molar-refractivity contribution is 6.32. The van der Waals surface area contributed by atoms with Gasteiger partial charge >= 0.3 is 0 Å². The predicted octanol–water partition coefficient (Wildman–Crippen LogP) is 3.64. The number of nitrogens with one attached hydrogen (secondary N) is 1. The van der Waals surface area contributed by atoms with Crippen molar-refractivity contribution in [2.45, 2.75) is 13.5 Å². The van der Waals surface area contributed by atoms with Gasteiger partial charge in [-0.15, -0.1) is 0 Å². The number of aromatic nitrogens is 1. The molecule has 0 saturated carbocycles. The molecule has 0 aliphatic carbocycles. The highest BCUT2D eigenvalue weighted by Crippen LogP contribution is 2.27. The molecule has 0 amide bonds. The summed E-state index contributed by atoms with van der Waals surface area (Å²) in [5.41, 5.74) is 1.13. The number of benzene rings is 1. The molecule has 2 rings (SSSR count). The number of halogens is 1. The Morgan fingerprint density at radius 2 is 2.11 bits per heavy atom. The summed E-state index contributed by atoms with van der Waals surface area (Å²) >= 11 is 6.03. The van der Waals surface area contributed by atoms with Crippen molar-refractivity contribution in [1.29, 1.82) is 0 Å². The van der Waals surface area contributed by atoms with Crippen molar-refractivity contribution in [3.63, 3.8) is 0 Å². The second-order valence-electron chi connectivity index (χ2n) is 3.82. The molecule has 1 aromatic carbocycles. The number of rotatable bonds is 5. The number of pyridine rings is 1. The van der Waals surface area contributed by atoms with Gasteiger partial charge in [0, 0.05) is 18.8 Å². The Bertz CT molecular complexity index is 517. The molecule has 0 unspecified atom stereocenters. The maximum Gasteiger partial charge on any atom is 0.219 e. The zero-order chi connectivity index (χ0) is 12.8. The van der Waals surface area contributed by atoms with Crippen LogP contribution in [0.4, 0.5) is 0 Å². The molecule has 0 radical (unpaired) electrons. The van der Waals surface area contributed by atoms with Crippen molar-refractivity contribution in [1.82, 2.24) is 10.3 Å². The number of nitrogens with zero attached hydrogens (tertiary/aromatic N) is 1. The van der Waals surface area contributed by atoms with E-state index in [1.165, 1.54) is 0 Å². The van der Waals surface area contributed by atoms with Gasteiger partial charge in [-0.1, -0.05) is 30.7 Å². The van der Waals surface area contributed by atoms with Gasteiger partial charge in [0.2, 0.25) is 5.88 Å². The van der Waals surface area contributed by atoms with Gasteiger partial charge in [0.25, 0.3) is 0 Å². The molecular weight excluding hydrogens is 248 g/mol. The van der Waals surface area contributed by atoms with Crippen LogP contribution >= 0.6 is 11.6 Å². The number of hydrogen-bond acceptors (Lipinski definition) is 3. The summed E-state index contributed by atoms with van der Waals surface area (Å²) in [5, 5.41) is 3.84. The highest BCUT2D eigenvalue weighted by Gasteiger charge is 2.03.